The van der Waals surface area contributed by atoms with Gasteiger partial charge in [-0.2, -0.15) is 0 Å². The number of hydrogen-bond donors (Lipinski definition) is 1. The third kappa shape index (κ3) is 4.24. The van der Waals surface area contributed by atoms with Gasteiger partial charge in [0.25, 0.3) is 0 Å². The van der Waals surface area contributed by atoms with Crippen molar-refractivity contribution >= 4 is 0 Å². The van der Waals surface area contributed by atoms with Crippen molar-refractivity contribution in [2.75, 3.05) is 6.54 Å². The summed E-state index contributed by atoms with van der Waals surface area (Å²) in [5.74, 6) is 1.87. The van der Waals surface area contributed by atoms with Crippen LogP contribution < -0.4 is 10.1 Å². The summed E-state index contributed by atoms with van der Waals surface area (Å²) >= 11 is 0. The number of fused-ring (bicyclic) bond motifs is 1. The van der Waals surface area contributed by atoms with Crippen LogP contribution >= 0.6 is 0 Å². The summed E-state index contributed by atoms with van der Waals surface area (Å²) in [5, 5.41) is 3.53. The topological polar surface area (TPSA) is 21.3 Å². The zero-order chi connectivity index (χ0) is 13.9. The largest absolute Gasteiger partial charge is 0.487 e. The van der Waals surface area contributed by atoms with Crippen LogP contribution in [-0.4, -0.2) is 12.1 Å². The van der Waals surface area contributed by atoms with Gasteiger partial charge in [-0.3, -0.25) is 0 Å². The molecule has 0 spiro atoms. The van der Waals surface area contributed by atoms with E-state index in [1.165, 1.54) is 24.0 Å². The fraction of sp³-hybridized carbons (Fsp3) is 0.647. The van der Waals surface area contributed by atoms with E-state index in [-0.39, 0.29) is 5.60 Å². The van der Waals surface area contributed by atoms with Gasteiger partial charge in [-0.05, 0) is 56.3 Å². The number of benzene rings is 1. The second kappa shape index (κ2) is 5.96. The summed E-state index contributed by atoms with van der Waals surface area (Å²) in [7, 11) is 0. The summed E-state index contributed by atoms with van der Waals surface area (Å²) in [6.07, 6.45) is 3.58. The van der Waals surface area contributed by atoms with E-state index in [9.17, 15) is 0 Å². The maximum absolute atomic E-state index is 5.90. The molecular weight excluding hydrogens is 234 g/mol. The zero-order valence-corrected chi connectivity index (χ0v) is 12.8. The third-order valence-electron chi connectivity index (χ3n) is 3.59. The van der Waals surface area contributed by atoms with Crippen LogP contribution in [0, 0.1) is 5.92 Å². The molecule has 1 aromatic rings. The van der Waals surface area contributed by atoms with Crippen LogP contribution in [0.2, 0.25) is 0 Å². The smallest absolute Gasteiger partial charge is 0.123 e. The normalized spacial score (nSPS) is 16.5. The Kier molecular flexibility index (Phi) is 4.51. The Labute approximate surface area is 117 Å². The van der Waals surface area contributed by atoms with Gasteiger partial charge in [0.2, 0.25) is 0 Å². The van der Waals surface area contributed by atoms with E-state index in [2.05, 4.69) is 51.2 Å². The minimum Gasteiger partial charge on any atom is -0.487 e. The fourth-order valence-electron chi connectivity index (χ4n) is 2.64. The molecule has 2 nitrogen and oxygen atoms in total. The lowest BCUT2D eigenvalue weighted by Crippen LogP contribution is -2.24. The Bertz CT molecular complexity index is 423. The third-order valence-corrected chi connectivity index (χ3v) is 3.59. The molecular formula is C17H27NO. The van der Waals surface area contributed by atoms with E-state index in [0.717, 1.165) is 31.2 Å². The maximum Gasteiger partial charge on any atom is 0.123 e. The van der Waals surface area contributed by atoms with Crippen molar-refractivity contribution in [1.82, 2.24) is 5.32 Å². The molecule has 2 heteroatoms. The van der Waals surface area contributed by atoms with Gasteiger partial charge in [-0.25, -0.2) is 0 Å². The molecule has 0 unspecified atom stereocenters. The number of nitrogens with one attached hydrogen (secondary N) is 1. The van der Waals surface area contributed by atoms with E-state index in [4.69, 9.17) is 4.74 Å². The first-order valence-corrected chi connectivity index (χ1v) is 7.48. The summed E-state index contributed by atoms with van der Waals surface area (Å²) in [6, 6.07) is 6.59. The van der Waals surface area contributed by atoms with E-state index in [1.807, 2.05) is 0 Å². The highest BCUT2D eigenvalue weighted by Crippen LogP contribution is 2.35. The lowest BCUT2D eigenvalue weighted by molar-refractivity contribution is 0.138. The Morgan fingerprint density at radius 2 is 2.11 bits per heavy atom. The van der Waals surface area contributed by atoms with Gasteiger partial charge < -0.3 is 10.1 Å². The van der Waals surface area contributed by atoms with Gasteiger partial charge in [0.1, 0.15) is 11.4 Å². The van der Waals surface area contributed by atoms with Crippen molar-refractivity contribution in [3.8, 4) is 5.75 Å². The number of rotatable bonds is 6. The van der Waals surface area contributed by atoms with E-state index < -0.39 is 0 Å². The molecule has 1 aliphatic heterocycles. The van der Waals surface area contributed by atoms with Crippen molar-refractivity contribution in [2.45, 2.75) is 59.1 Å². The van der Waals surface area contributed by atoms with Crippen molar-refractivity contribution in [2.24, 2.45) is 5.92 Å². The molecule has 0 aromatic heterocycles. The molecule has 1 aliphatic rings. The van der Waals surface area contributed by atoms with Gasteiger partial charge in [0, 0.05) is 13.0 Å². The van der Waals surface area contributed by atoms with Gasteiger partial charge in [-0.15, -0.1) is 0 Å². The second-order valence-corrected chi connectivity index (χ2v) is 6.69. The highest BCUT2D eigenvalue weighted by atomic mass is 16.5. The minimum atomic E-state index is -0.0361. The quantitative estimate of drug-likeness (QED) is 0.784. The molecule has 1 N–H and O–H groups in total. The van der Waals surface area contributed by atoms with Crippen LogP contribution in [0.1, 0.15) is 51.7 Å². The van der Waals surface area contributed by atoms with Gasteiger partial charge in [0.05, 0.1) is 0 Å². The highest BCUT2D eigenvalue weighted by Gasteiger charge is 2.29. The lowest BCUT2D eigenvalue weighted by Gasteiger charge is -2.16. The fourth-order valence-corrected chi connectivity index (χ4v) is 2.64. The van der Waals surface area contributed by atoms with Crippen molar-refractivity contribution in [3.05, 3.63) is 29.3 Å². The van der Waals surface area contributed by atoms with Gasteiger partial charge >= 0.3 is 0 Å². The lowest BCUT2D eigenvalue weighted by atomic mass is 10.0. The minimum absolute atomic E-state index is 0.0361. The standard InChI is InChI=1S/C17H27NO/c1-13(2)6-5-9-18-12-14-7-8-16-15(10-14)11-17(3,4)19-16/h7-8,10,13,18H,5-6,9,11-12H2,1-4H3. The summed E-state index contributed by atoms with van der Waals surface area (Å²) in [4.78, 5) is 0. The van der Waals surface area contributed by atoms with Gasteiger partial charge in [0.15, 0.2) is 0 Å². The monoisotopic (exact) mass is 261 g/mol. The predicted octanol–water partition coefficient (Wildman–Crippen LogP) is 3.93. The number of ether oxygens (including phenoxy) is 1. The molecule has 0 saturated carbocycles. The van der Waals surface area contributed by atoms with Crippen LogP contribution in [0.4, 0.5) is 0 Å². The maximum atomic E-state index is 5.90. The van der Waals surface area contributed by atoms with E-state index in [1.54, 1.807) is 0 Å². The van der Waals surface area contributed by atoms with Crippen molar-refractivity contribution < 1.29 is 4.74 Å². The molecule has 1 heterocycles. The predicted molar refractivity (Wildman–Crippen MR) is 80.6 cm³/mol. The van der Waals surface area contributed by atoms with Crippen LogP contribution in [-0.2, 0) is 13.0 Å². The molecule has 106 valence electrons. The second-order valence-electron chi connectivity index (χ2n) is 6.69. The summed E-state index contributed by atoms with van der Waals surface area (Å²) in [6.45, 7) is 10.9. The van der Waals surface area contributed by atoms with Crippen molar-refractivity contribution in [1.29, 1.82) is 0 Å². The first-order chi connectivity index (χ1) is 8.96. The molecule has 0 bridgehead atoms. The Balaban J connectivity index is 1.80. The molecule has 2 rings (SSSR count). The van der Waals surface area contributed by atoms with E-state index >= 15 is 0 Å². The Morgan fingerprint density at radius 1 is 1.32 bits per heavy atom. The SMILES string of the molecule is CC(C)CCCNCc1ccc2c(c1)CC(C)(C)O2. The zero-order valence-electron chi connectivity index (χ0n) is 12.8. The molecule has 0 radical (unpaired) electrons. The van der Waals surface area contributed by atoms with Crippen LogP contribution in [0.15, 0.2) is 18.2 Å². The Morgan fingerprint density at radius 3 is 2.84 bits per heavy atom. The van der Waals surface area contributed by atoms with Crippen LogP contribution in [0.5, 0.6) is 5.75 Å². The molecule has 0 atom stereocenters. The summed E-state index contributed by atoms with van der Waals surface area (Å²) in [5.41, 5.74) is 2.68. The molecule has 0 fully saturated rings. The van der Waals surface area contributed by atoms with Crippen LogP contribution in [0.25, 0.3) is 0 Å². The molecule has 19 heavy (non-hydrogen) atoms. The first kappa shape index (κ1) is 14.4. The molecule has 1 aromatic carbocycles. The Hall–Kier alpha value is -1.02. The van der Waals surface area contributed by atoms with Crippen molar-refractivity contribution in [3.63, 3.8) is 0 Å². The first-order valence-electron chi connectivity index (χ1n) is 7.48. The van der Waals surface area contributed by atoms with Crippen LogP contribution in [0.3, 0.4) is 0 Å². The molecule has 0 saturated heterocycles. The molecule has 0 aliphatic carbocycles. The number of hydrogen-bond acceptors (Lipinski definition) is 2. The molecule has 0 amide bonds. The average molecular weight is 261 g/mol. The summed E-state index contributed by atoms with van der Waals surface area (Å²) < 4.78 is 5.90. The average Bonchev–Trinajstić information content (AvgIpc) is 2.61. The van der Waals surface area contributed by atoms with E-state index in [0.29, 0.717) is 0 Å². The highest BCUT2D eigenvalue weighted by molar-refractivity contribution is 5.41. The van der Waals surface area contributed by atoms with Gasteiger partial charge in [-0.1, -0.05) is 26.0 Å².